The van der Waals surface area contributed by atoms with Gasteiger partial charge in [-0.25, -0.2) is 13.1 Å². The topological polar surface area (TPSA) is 72.2 Å². The van der Waals surface area contributed by atoms with Crippen LogP contribution in [-0.2, 0) is 10.0 Å². The Kier molecular flexibility index (Phi) is 6.68. The van der Waals surface area contributed by atoms with E-state index in [4.69, 9.17) is 5.73 Å². The molecule has 0 saturated carbocycles. The van der Waals surface area contributed by atoms with Crippen LogP contribution in [0.25, 0.3) is 0 Å². The summed E-state index contributed by atoms with van der Waals surface area (Å²) in [6, 6.07) is 7.49. The molecule has 0 amide bonds. The fourth-order valence-corrected chi connectivity index (χ4v) is 4.34. The molecule has 0 heterocycles. The van der Waals surface area contributed by atoms with Crippen LogP contribution in [0.3, 0.4) is 0 Å². The first-order chi connectivity index (χ1) is 8.96. The fourth-order valence-electron chi connectivity index (χ4n) is 1.60. The van der Waals surface area contributed by atoms with Crippen LogP contribution in [0.15, 0.2) is 29.2 Å². The third-order valence-corrected chi connectivity index (χ3v) is 5.54. The smallest absolute Gasteiger partial charge is 0.212 e. The lowest BCUT2D eigenvalue weighted by Crippen LogP contribution is -2.36. The third-order valence-electron chi connectivity index (χ3n) is 2.83. The molecule has 0 aliphatic heterocycles. The Morgan fingerprint density at radius 3 is 2.32 bits per heavy atom. The zero-order chi connectivity index (χ0) is 14.3. The van der Waals surface area contributed by atoms with Crippen LogP contribution >= 0.6 is 11.8 Å². The number of nitrogens with one attached hydrogen (secondary N) is 1. The van der Waals surface area contributed by atoms with E-state index >= 15 is 0 Å². The van der Waals surface area contributed by atoms with Gasteiger partial charge in [-0.2, -0.15) is 0 Å². The molecule has 3 N–H and O–H groups in total. The summed E-state index contributed by atoms with van der Waals surface area (Å²) in [6.45, 7) is 3.97. The molecule has 0 bridgehead atoms. The maximum absolute atomic E-state index is 11.9. The Balaban J connectivity index is 2.41. The number of nitrogen functional groups attached to an aromatic ring is 1. The molecule has 0 aromatic heterocycles. The number of hydrogen-bond donors (Lipinski definition) is 2. The van der Waals surface area contributed by atoms with Gasteiger partial charge in [-0.3, -0.25) is 0 Å². The van der Waals surface area contributed by atoms with E-state index in [1.165, 1.54) is 11.8 Å². The monoisotopic (exact) mass is 302 g/mol. The highest BCUT2D eigenvalue weighted by atomic mass is 32.2. The van der Waals surface area contributed by atoms with Gasteiger partial charge in [-0.15, -0.1) is 11.8 Å². The van der Waals surface area contributed by atoms with Crippen LogP contribution in [0.2, 0.25) is 0 Å². The Labute approximate surface area is 120 Å². The average molecular weight is 302 g/mol. The van der Waals surface area contributed by atoms with Crippen LogP contribution in [0, 0.1) is 0 Å². The maximum Gasteiger partial charge on any atom is 0.212 e. The first-order valence-corrected chi connectivity index (χ1v) is 9.09. The molecule has 1 aromatic rings. The summed E-state index contributed by atoms with van der Waals surface area (Å²) in [5.41, 5.74) is 6.31. The van der Waals surface area contributed by atoms with E-state index in [2.05, 4.69) is 4.72 Å². The quantitative estimate of drug-likeness (QED) is 0.571. The minimum absolute atomic E-state index is 0.0477. The molecule has 0 radical (unpaired) electrons. The standard InChI is InChI=1S/C13H22N2O2S2/c1-3-12(4-2)15-19(16,17)10-9-18-13-7-5-11(14)6-8-13/h5-8,12,15H,3-4,9-10,14H2,1-2H3. The molecule has 0 aliphatic rings. The lowest BCUT2D eigenvalue weighted by molar-refractivity contribution is 0.531. The SMILES string of the molecule is CCC(CC)NS(=O)(=O)CCSc1ccc(N)cc1. The number of hydrogen-bond acceptors (Lipinski definition) is 4. The molecule has 19 heavy (non-hydrogen) atoms. The summed E-state index contributed by atoms with van der Waals surface area (Å²) in [4.78, 5) is 1.03. The molecule has 6 heteroatoms. The van der Waals surface area contributed by atoms with Gasteiger partial charge in [0.1, 0.15) is 0 Å². The van der Waals surface area contributed by atoms with Crippen molar-refractivity contribution < 1.29 is 8.42 Å². The summed E-state index contributed by atoms with van der Waals surface area (Å²) in [5, 5.41) is 0. The van der Waals surface area contributed by atoms with Crippen LogP contribution < -0.4 is 10.5 Å². The fraction of sp³-hybridized carbons (Fsp3) is 0.538. The van der Waals surface area contributed by atoms with Gasteiger partial charge in [0.25, 0.3) is 0 Å². The summed E-state index contributed by atoms with van der Waals surface area (Å²) < 4.78 is 26.4. The number of rotatable bonds is 8. The summed E-state index contributed by atoms with van der Waals surface area (Å²) >= 11 is 1.52. The lowest BCUT2D eigenvalue weighted by atomic mass is 10.2. The molecule has 108 valence electrons. The van der Waals surface area contributed by atoms with E-state index in [9.17, 15) is 8.42 Å². The average Bonchev–Trinajstić information content (AvgIpc) is 2.38. The maximum atomic E-state index is 11.9. The molecular formula is C13H22N2O2S2. The van der Waals surface area contributed by atoms with Crippen molar-refractivity contribution in [1.82, 2.24) is 4.72 Å². The molecule has 0 unspecified atom stereocenters. The normalized spacial score (nSPS) is 11.9. The van der Waals surface area contributed by atoms with Crippen LogP contribution in [0.5, 0.6) is 0 Å². The van der Waals surface area contributed by atoms with Crippen molar-refractivity contribution >= 4 is 27.5 Å². The van der Waals surface area contributed by atoms with Gasteiger partial charge in [-0.1, -0.05) is 13.8 Å². The van der Waals surface area contributed by atoms with Gasteiger partial charge in [0.2, 0.25) is 10.0 Å². The molecule has 0 saturated heterocycles. The Hall–Kier alpha value is -0.720. The van der Waals surface area contributed by atoms with E-state index < -0.39 is 10.0 Å². The molecular weight excluding hydrogens is 280 g/mol. The number of nitrogens with two attached hydrogens (primary N) is 1. The zero-order valence-corrected chi connectivity index (χ0v) is 13.1. The van der Waals surface area contributed by atoms with Gasteiger partial charge in [0, 0.05) is 22.4 Å². The summed E-state index contributed by atoms with van der Waals surface area (Å²) in [6.07, 6.45) is 1.64. The first kappa shape index (κ1) is 16.3. The van der Waals surface area contributed by atoms with Gasteiger partial charge in [0.15, 0.2) is 0 Å². The molecule has 0 aliphatic carbocycles. The van der Waals surface area contributed by atoms with Crippen molar-refractivity contribution in [1.29, 1.82) is 0 Å². The van der Waals surface area contributed by atoms with Crippen LogP contribution in [0.4, 0.5) is 5.69 Å². The largest absolute Gasteiger partial charge is 0.399 e. The van der Waals surface area contributed by atoms with E-state index in [1.807, 2.05) is 38.1 Å². The predicted molar refractivity (Wildman–Crippen MR) is 82.9 cm³/mol. The minimum Gasteiger partial charge on any atom is -0.399 e. The second kappa shape index (κ2) is 7.77. The second-order valence-electron chi connectivity index (χ2n) is 4.37. The first-order valence-electron chi connectivity index (χ1n) is 6.45. The third kappa shape index (κ3) is 6.31. The predicted octanol–water partition coefficient (Wildman–Crippen LogP) is 2.47. The van der Waals surface area contributed by atoms with Crippen molar-refractivity contribution in [2.24, 2.45) is 0 Å². The molecule has 1 rings (SSSR count). The molecule has 1 aromatic carbocycles. The highest BCUT2D eigenvalue weighted by molar-refractivity contribution is 8.00. The highest BCUT2D eigenvalue weighted by Crippen LogP contribution is 2.19. The molecule has 0 fully saturated rings. The Bertz CT molecular complexity index is 468. The zero-order valence-electron chi connectivity index (χ0n) is 11.4. The minimum atomic E-state index is -3.18. The summed E-state index contributed by atoms with van der Waals surface area (Å²) in [5.74, 6) is 0.679. The number of benzene rings is 1. The van der Waals surface area contributed by atoms with Crippen LogP contribution in [-0.4, -0.2) is 26.0 Å². The van der Waals surface area contributed by atoms with Crippen molar-refractivity contribution in [2.45, 2.75) is 37.6 Å². The van der Waals surface area contributed by atoms with Gasteiger partial charge >= 0.3 is 0 Å². The summed E-state index contributed by atoms with van der Waals surface area (Å²) in [7, 11) is -3.18. The van der Waals surface area contributed by atoms with Gasteiger partial charge in [-0.05, 0) is 37.1 Å². The van der Waals surface area contributed by atoms with E-state index in [0.29, 0.717) is 11.4 Å². The van der Waals surface area contributed by atoms with E-state index in [0.717, 1.165) is 17.7 Å². The lowest BCUT2D eigenvalue weighted by Gasteiger charge is -2.14. The molecule has 0 spiro atoms. The van der Waals surface area contributed by atoms with Crippen molar-refractivity contribution in [3.63, 3.8) is 0 Å². The molecule has 4 nitrogen and oxygen atoms in total. The second-order valence-corrected chi connectivity index (χ2v) is 7.41. The van der Waals surface area contributed by atoms with E-state index in [-0.39, 0.29) is 11.8 Å². The van der Waals surface area contributed by atoms with Crippen molar-refractivity contribution in [3.05, 3.63) is 24.3 Å². The Morgan fingerprint density at radius 1 is 1.21 bits per heavy atom. The van der Waals surface area contributed by atoms with Gasteiger partial charge < -0.3 is 5.73 Å². The molecule has 0 atom stereocenters. The van der Waals surface area contributed by atoms with Crippen molar-refractivity contribution in [3.8, 4) is 0 Å². The number of anilines is 1. The number of sulfonamides is 1. The van der Waals surface area contributed by atoms with Crippen LogP contribution in [0.1, 0.15) is 26.7 Å². The van der Waals surface area contributed by atoms with E-state index in [1.54, 1.807) is 0 Å². The number of thioether (sulfide) groups is 1. The highest BCUT2D eigenvalue weighted by Gasteiger charge is 2.14. The Morgan fingerprint density at radius 2 is 1.79 bits per heavy atom. The van der Waals surface area contributed by atoms with Gasteiger partial charge in [0.05, 0.1) is 5.75 Å². The van der Waals surface area contributed by atoms with Crippen molar-refractivity contribution in [2.75, 3.05) is 17.2 Å².